The van der Waals surface area contributed by atoms with E-state index in [0.29, 0.717) is 5.92 Å². The number of nitrogens with one attached hydrogen (secondary N) is 1. The molecule has 1 heterocycles. The highest BCUT2D eigenvalue weighted by molar-refractivity contribution is 6.18. The number of rotatable bonds is 4. The Morgan fingerprint density at radius 1 is 1.04 bits per heavy atom. The molecular weight excluding hydrogens is 318 g/mol. The summed E-state index contributed by atoms with van der Waals surface area (Å²) in [7, 11) is 2.52. The minimum absolute atomic E-state index is 0.0909. The van der Waals surface area contributed by atoms with E-state index in [-0.39, 0.29) is 5.57 Å². The molecule has 25 heavy (non-hydrogen) atoms. The second-order valence-corrected chi connectivity index (χ2v) is 6.37. The Bertz CT molecular complexity index is 794. The molecule has 5 heteroatoms. The molecule has 1 fully saturated rings. The monoisotopic (exact) mass is 341 g/mol. The van der Waals surface area contributed by atoms with Crippen LogP contribution in [0.1, 0.15) is 49.3 Å². The van der Waals surface area contributed by atoms with Crippen molar-refractivity contribution in [3.05, 3.63) is 41.1 Å². The zero-order valence-electron chi connectivity index (χ0n) is 14.6. The lowest BCUT2D eigenvalue weighted by atomic mass is 9.85. The zero-order valence-corrected chi connectivity index (χ0v) is 14.6. The predicted octanol–water partition coefficient (Wildman–Crippen LogP) is 3.95. The summed E-state index contributed by atoms with van der Waals surface area (Å²) in [6, 6.07) is 7.93. The van der Waals surface area contributed by atoms with Crippen molar-refractivity contribution in [1.82, 2.24) is 4.98 Å². The number of hydrogen-bond donors (Lipinski definition) is 1. The van der Waals surface area contributed by atoms with Crippen molar-refractivity contribution in [1.29, 1.82) is 0 Å². The summed E-state index contributed by atoms with van der Waals surface area (Å²) in [6.45, 7) is 0. The van der Waals surface area contributed by atoms with E-state index >= 15 is 0 Å². The number of carbonyl (C=O) groups excluding carboxylic acids is 2. The number of hydrogen-bond acceptors (Lipinski definition) is 4. The second kappa shape index (κ2) is 7.55. The van der Waals surface area contributed by atoms with Crippen LogP contribution in [0.5, 0.6) is 0 Å². The van der Waals surface area contributed by atoms with Gasteiger partial charge in [0.1, 0.15) is 5.57 Å². The first kappa shape index (κ1) is 17.3. The Balaban J connectivity index is 2.16. The van der Waals surface area contributed by atoms with Gasteiger partial charge in [0.15, 0.2) is 0 Å². The largest absolute Gasteiger partial charge is 0.465 e. The van der Waals surface area contributed by atoms with Gasteiger partial charge in [-0.05, 0) is 30.9 Å². The van der Waals surface area contributed by atoms with Crippen LogP contribution >= 0.6 is 0 Å². The van der Waals surface area contributed by atoms with Gasteiger partial charge < -0.3 is 14.5 Å². The van der Waals surface area contributed by atoms with Crippen molar-refractivity contribution in [2.45, 2.75) is 38.0 Å². The maximum absolute atomic E-state index is 12.1. The van der Waals surface area contributed by atoms with E-state index in [1.165, 1.54) is 33.5 Å². The molecule has 0 spiro atoms. The molecule has 1 saturated carbocycles. The summed E-state index contributed by atoms with van der Waals surface area (Å²) in [5.41, 5.74) is 2.88. The summed E-state index contributed by atoms with van der Waals surface area (Å²) >= 11 is 0. The van der Waals surface area contributed by atoms with Gasteiger partial charge in [0.25, 0.3) is 0 Å². The molecule has 1 aromatic heterocycles. The van der Waals surface area contributed by atoms with Crippen LogP contribution in [0.15, 0.2) is 29.8 Å². The molecule has 132 valence electrons. The molecule has 3 rings (SSSR count). The molecule has 0 atom stereocenters. The van der Waals surface area contributed by atoms with Crippen LogP contribution in [0.3, 0.4) is 0 Å². The van der Waals surface area contributed by atoms with Gasteiger partial charge >= 0.3 is 11.9 Å². The fraction of sp³-hybridized carbons (Fsp3) is 0.400. The van der Waals surface area contributed by atoms with Gasteiger partial charge in [0, 0.05) is 22.2 Å². The van der Waals surface area contributed by atoms with E-state index in [9.17, 15) is 9.59 Å². The zero-order chi connectivity index (χ0) is 17.8. The summed E-state index contributed by atoms with van der Waals surface area (Å²) < 4.78 is 9.53. The SMILES string of the molecule is COC(=O)C(=Cc1c(C2CCCCC2)[nH]c2ccccc12)C(=O)OC. The van der Waals surface area contributed by atoms with Crippen LogP contribution in [0.2, 0.25) is 0 Å². The van der Waals surface area contributed by atoms with Crippen LogP contribution in [0.25, 0.3) is 17.0 Å². The average molecular weight is 341 g/mol. The first-order valence-electron chi connectivity index (χ1n) is 8.64. The molecular formula is C20H23NO4. The fourth-order valence-electron chi connectivity index (χ4n) is 3.62. The fourth-order valence-corrected chi connectivity index (χ4v) is 3.62. The van der Waals surface area contributed by atoms with E-state index in [4.69, 9.17) is 9.47 Å². The molecule has 0 aliphatic heterocycles. The lowest BCUT2D eigenvalue weighted by Crippen LogP contribution is -2.16. The lowest BCUT2D eigenvalue weighted by molar-refractivity contribution is -0.143. The number of fused-ring (bicyclic) bond motifs is 1. The van der Waals surface area contributed by atoms with Gasteiger partial charge in [0.05, 0.1) is 14.2 Å². The van der Waals surface area contributed by atoms with E-state index < -0.39 is 11.9 Å². The van der Waals surface area contributed by atoms with Crippen LogP contribution in [-0.2, 0) is 19.1 Å². The topological polar surface area (TPSA) is 68.4 Å². The van der Waals surface area contributed by atoms with Crippen LogP contribution in [0.4, 0.5) is 0 Å². The Labute approximate surface area is 147 Å². The number of aromatic nitrogens is 1. The van der Waals surface area contributed by atoms with Crippen molar-refractivity contribution >= 4 is 28.9 Å². The van der Waals surface area contributed by atoms with Crippen molar-refractivity contribution in [3.8, 4) is 0 Å². The molecule has 1 aliphatic rings. The highest BCUT2D eigenvalue weighted by atomic mass is 16.5. The standard InChI is InChI=1S/C20H23NO4/c1-24-19(22)16(20(23)25-2)12-15-14-10-6-7-11-17(14)21-18(15)13-8-4-3-5-9-13/h6-7,10-13,21H,3-5,8-9H2,1-2H3. The van der Waals surface area contributed by atoms with Gasteiger partial charge in [-0.15, -0.1) is 0 Å². The maximum Gasteiger partial charge on any atom is 0.345 e. The molecule has 5 nitrogen and oxygen atoms in total. The summed E-state index contributed by atoms with van der Waals surface area (Å²) in [4.78, 5) is 27.6. The number of aromatic amines is 1. The van der Waals surface area contributed by atoms with Crippen LogP contribution in [0, 0.1) is 0 Å². The third kappa shape index (κ3) is 3.45. The highest BCUT2D eigenvalue weighted by Gasteiger charge is 2.25. The quantitative estimate of drug-likeness (QED) is 0.396. The number of carbonyl (C=O) groups is 2. The molecule has 0 radical (unpaired) electrons. The van der Waals surface area contributed by atoms with Crippen molar-refractivity contribution in [3.63, 3.8) is 0 Å². The average Bonchev–Trinajstić information content (AvgIpc) is 3.04. The molecule has 0 unspecified atom stereocenters. The summed E-state index contributed by atoms with van der Waals surface area (Å²) in [5.74, 6) is -0.970. The van der Waals surface area contributed by atoms with E-state index in [1.54, 1.807) is 6.08 Å². The molecule has 0 amide bonds. The number of esters is 2. The van der Waals surface area contributed by atoms with Crippen molar-refractivity contribution < 1.29 is 19.1 Å². The molecule has 1 aliphatic carbocycles. The van der Waals surface area contributed by atoms with Crippen LogP contribution in [-0.4, -0.2) is 31.1 Å². The smallest absolute Gasteiger partial charge is 0.345 e. The predicted molar refractivity (Wildman–Crippen MR) is 96.1 cm³/mol. The molecule has 1 aromatic carbocycles. The lowest BCUT2D eigenvalue weighted by Gasteiger charge is -2.21. The normalized spacial score (nSPS) is 15.0. The Hall–Kier alpha value is -2.56. The molecule has 2 aromatic rings. The molecule has 1 N–H and O–H groups in total. The first-order valence-corrected chi connectivity index (χ1v) is 8.64. The van der Waals surface area contributed by atoms with E-state index in [1.807, 2.05) is 24.3 Å². The minimum Gasteiger partial charge on any atom is -0.465 e. The third-order valence-electron chi connectivity index (χ3n) is 4.89. The first-order chi connectivity index (χ1) is 12.2. The Morgan fingerprint density at radius 2 is 1.68 bits per heavy atom. The van der Waals surface area contributed by atoms with Crippen molar-refractivity contribution in [2.75, 3.05) is 14.2 Å². The number of para-hydroxylation sites is 1. The van der Waals surface area contributed by atoms with Gasteiger partial charge in [-0.2, -0.15) is 0 Å². The summed E-state index contributed by atoms with van der Waals surface area (Å²) in [6.07, 6.45) is 7.49. The van der Waals surface area contributed by atoms with Gasteiger partial charge in [-0.3, -0.25) is 0 Å². The molecule has 0 saturated heterocycles. The van der Waals surface area contributed by atoms with Crippen LogP contribution < -0.4 is 0 Å². The highest BCUT2D eigenvalue weighted by Crippen LogP contribution is 2.37. The summed E-state index contributed by atoms with van der Waals surface area (Å²) in [5, 5.41) is 0.994. The number of H-pyrrole nitrogens is 1. The van der Waals surface area contributed by atoms with E-state index in [0.717, 1.165) is 35.0 Å². The third-order valence-corrected chi connectivity index (χ3v) is 4.89. The van der Waals surface area contributed by atoms with Gasteiger partial charge in [-0.1, -0.05) is 37.5 Å². The number of ether oxygens (including phenoxy) is 2. The maximum atomic E-state index is 12.1. The van der Waals surface area contributed by atoms with Crippen molar-refractivity contribution in [2.24, 2.45) is 0 Å². The molecule has 0 bridgehead atoms. The second-order valence-electron chi connectivity index (χ2n) is 6.37. The Kier molecular flexibility index (Phi) is 5.22. The number of methoxy groups -OCH3 is 2. The van der Waals surface area contributed by atoms with Gasteiger partial charge in [-0.25, -0.2) is 9.59 Å². The van der Waals surface area contributed by atoms with E-state index in [2.05, 4.69) is 4.98 Å². The number of benzene rings is 1. The minimum atomic E-state index is -0.688. The van der Waals surface area contributed by atoms with Gasteiger partial charge in [0.2, 0.25) is 0 Å². The Morgan fingerprint density at radius 3 is 2.32 bits per heavy atom.